The first-order valence-electron chi connectivity index (χ1n) is 4.63. The summed E-state index contributed by atoms with van der Waals surface area (Å²) in [6, 6.07) is 7.00. The summed E-state index contributed by atoms with van der Waals surface area (Å²) >= 11 is 0. The summed E-state index contributed by atoms with van der Waals surface area (Å²) in [6.45, 7) is 1.27. The maximum Gasteiger partial charge on any atom is 0.240 e. The summed E-state index contributed by atoms with van der Waals surface area (Å²) < 4.78 is 25.8. The average Bonchev–Trinajstić information content (AvgIpc) is 2.28. The van der Waals surface area contributed by atoms with Crippen molar-refractivity contribution in [2.75, 3.05) is 6.61 Å². The Morgan fingerprint density at radius 2 is 2.25 bits per heavy atom. The SMILES string of the molecule is C[C@H](CO)NS(=O)(=O)c1cccc(C#N)c1. The minimum atomic E-state index is -3.67. The number of aliphatic hydroxyl groups excluding tert-OH is 1. The standard InChI is InChI=1S/C10H12N2O3S/c1-8(7-13)12-16(14,15)10-4-2-3-9(5-10)6-11/h2-5,8,12-13H,7H2,1H3/t8-/m1/s1. The van der Waals surface area contributed by atoms with Gasteiger partial charge in [0.15, 0.2) is 0 Å². The Hall–Kier alpha value is -1.42. The molecule has 2 N–H and O–H groups in total. The van der Waals surface area contributed by atoms with Crippen LogP contribution in [0.2, 0.25) is 0 Å². The molecule has 6 heteroatoms. The van der Waals surface area contributed by atoms with E-state index in [0.717, 1.165) is 0 Å². The van der Waals surface area contributed by atoms with Crippen LogP contribution in [0, 0.1) is 11.3 Å². The van der Waals surface area contributed by atoms with E-state index in [0.29, 0.717) is 0 Å². The minimum Gasteiger partial charge on any atom is -0.395 e. The number of hydrogen-bond acceptors (Lipinski definition) is 4. The smallest absolute Gasteiger partial charge is 0.240 e. The fourth-order valence-corrected chi connectivity index (χ4v) is 2.38. The van der Waals surface area contributed by atoms with Crippen LogP contribution >= 0.6 is 0 Å². The molecule has 1 aromatic rings. The summed E-state index contributed by atoms with van der Waals surface area (Å²) in [4.78, 5) is 0.0202. The molecular formula is C10H12N2O3S. The van der Waals surface area contributed by atoms with Gasteiger partial charge in [-0.15, -0.1) is 0 Å². The van der Waals surface area contributed by atoms with E-state index in [1.165, 1.54) is 24.3 Å². The van der Waals surface area contributed by atoms with Crippen molar-refractivity contribution < 1.29 is 13.5 Å². The molecule has 0 bridgehead atoms. The Kier molecular flexibility index (Phi) is 4.01. The zero-order valence-corrected chi connectivity index (χ0v) is 9.53. The molecule has 16 heavy (non-hydrogen) atoms. The van der Waals surface area contributed by atoms with Gasteiger partial charge in [-0.3, -0.25) is 0 Å². The van der Waals surface area contributed by atoms with E-state index in [9.17, 15) is 8.42 Å². The molecule has 86 valence electrons. The quantitative estimate of drug-likeness (QED) is 0.787. The van der Waals surface area contributed by atoms with E-state index in [1.54, 1.807) is 6.92 Å². The molecule has 0 heterocycles. The van der Waals surface area contributed by atoms with Gasteiger partial charge in [0, 0.05) is 6.04 Å². The second-order valence-corrected chi connectivity index (χ2v) is 5.06. The summed E-state index contributed by atoms with van der Waals surface area (Å²) in [7, 11) is -3.67. The molecule has 0 aliphatic carbocycles. The van der Waals surface area contributed by atoms with E-state index in [1.807, 2.05) is 6.07 Å². The first-order valence-corrected chi connectivity index (χ1v) is 6.11. The molecule has 0 aliphatic heterocycles. The third-order valence-corrected chi connectivity index (χ3v) is 3.49. The number of rotatable bonds is 4. The van der Waals surface area contributed by atoms with E-state index in [2.05, 4.69) is 4.72 Å². The minimum absolute atomic E-state index is 0.0202. The van der Waals surface area contributed by atoms with Crippen molar-refractivity contribution in [3.8, 4) is 6.07 Å². The lowest BCUT2D eigenvalue weighted by Crippen LogP contribution is -2.35. The molecule has 0 amide bonds. The van der Waals surface area contributed by atoms with Gasteiger partial charge in [-0.1, -0.05) is 6.07 Å². The lowest BCUT2D eigenvalue weighted by molar-refractivity contribution is 0.265. The number of nitriles is 1. The summed E-state index contributed by atoms with van der Waals surface area (Å²) in [5, 5.41) is 17.4. The molecule has 0 saturated heterocycles. The third kappa shape index (κ3) is 3.03. The highest BCUT2D eigenvalue weighted by molar-refractivity contribution is 7.89. The number of benzene rings is 1. The van der Waals surface area contributed by atoms with Gasteiger partial charge in [0.25, 0.3) is 0 Å². The van der Waals surface area contributed by atoms with Crippen molar-refractivity contribution in [1.29, 1.82) is 5.26 Å². The molecule has 0 aliphatic rings. The molecular weight excluding hydrogens is 228 g/mol. The first-order chi connectivity index (χ1) is 7.49. The lowest BCUT2D eigenvalue weighted by atomic mass is 10.2. The monoisotopic (exact) mass is 240 g/mol. The molecule has 1 atom stereocenters. The van der Waals surface area contributed by atoms with Crippen LogP contribution in [0.15, 0.2) is 29.2 Å². The van der Waals surface area contributed by atoms with Gasteiger partial charge in [-0.25, -0.2) is 13.1 Å². The van der Waals surface area contributed by atoms with Crippen molar-refractivity contribution in [3.63, 3.8) is 0 Å². The van der Waals surface area contributed by atoms with Gasteiger partial charge in [0.1, 0.15) is 0 Å². The zero-order valence-electron chi connectivity index (χ0n) is 8.71. The molecule has 0 radical (unpaired) electrons. The second kappa shape index (κ2) is 5.07. The van der Waals surface area contributed by atoms with Crippen LogP contribution in [-0.2, 0) is 10.0 Å². The van der Waals surface area contributed by atoms with Crippen LogP contribution in [0.3, 0.4) is 0 Å². The van der Waals surface area contributed by atoms with Crippen molar-refractivity contribution in [2.24, 2.45) is 0 Å². The van der Waals surface area contributed by atoms with Gasteiger partial charge in [-0.2, -0.15) is 5.26 Å². The Morgan fingerprint density at radius 3 is 2.81 bits per heavy atom. The van der Waals surface area contributed by atoms with E-state index in [4.69, 9.17) is 10.4 Å². The van der Waals surface area contributed by atoms with Crippen LogP contribution < -0.4 is 4.72 Å². The number of aliphatic hydroxyl groups is 1. The van der Waals surface area contributed by atoms with Crippen LogP contribution in [0.25, 0.3) is 0 Å². The Balaban J connectivity index is 3.04. The fraction of sp³-hybridized carbons (Fsp3) is 0.300. The molecule has 0 spiro atoms. The van der Waals surface area contributed by atoms with E-state index in [-0.39, 0.29) is 17.1 Å². The maximum atomic E-state index is 11.7. The second-order valence-electron chi connectivity index (χ2n) is 3.34. The van der Waals surface area contributed by atoms with E-state index >= 15 is 0 Å². The Bertz CT molecular complexity index is 505. The Morgan fingerprint density at radius 1 is 1.56 bits per heavy atom. The number of nitrogens with one attached hydrogen (secondary N) is 1. The molecule has 1 aromatic carbocycles. The molecule has 0 unspecified atom stereocenters. The first kappa shape index (κ1) is 12.6. The zero-order chi connectivity index (χ0) is 12.2. The van der Waals surface area contributed by atoms with Gasteiger partial charge >= 0.3 is 0 Å². The summed E-state index contributed by atoms with van der Waals surface area (Å²) in [6.07, 6.45) is 0. The molecule has 0 aromatic heterocycles. The largest absolute Gasteiger partial charge is 0.395 e. The van der Waals surface area contributed by atoms with Crippen LogP contribution in [0.4, 0.5) is 0 Å². The lowest BCUT2D eigenvalue weighted by Gasteiger charge is -2.11. The van der Waals surface area contributed by atoms with Gasteiger partial charge in [-0.05, 0) is 25.1 Å². The summed E-state index contributed by atoms with van der Waals surface area (Å²) in [5.74, 6) is 0. The molecule has 1 rings (SSSR count). The van der Waals surface area contributed by atoms with Crippen molar-refractivity contribution in [3.05, 3.63) is 29.8 Å². The number of hydrogen-bond donors (Lipinski definition) is 2. The normalized spacial score (nSPS) is 13.1. The Labute approximate surface area is 94.4 Å². The molecule has 0 fully saturated rings. The molecule has 0 saturated carbocycles. The van der Waals surface area contributed by atoms with Crippen molar-refractivity contribution in [1.82, 2.24) is 4.72 Å². The van der Waals surface area contributed by atoms with Crippen LogP contribution in [0.5, 0.6) is 0 Å². The van der Waals surface area contributed by atoms with Gasteiger partial charge in [0.2, 0.25) is 10.0 Å². The van der Waals surface area contributed by atoms with Crippen LogP contribution in [-0.4, -0.2) is 26.2 Å². The van der Waals surface area contributed by atoms with Gasteiger partial charge in [0.05, 0.1) is 23.1 Å². The highest BCUT2D eigenvalue weighted by Crippen LogP contribution is 2.11. The maximum absolute atomic E-state index is 11.7. The fourth-order valence-electron chi connectivity index (χ4n) is 1.10. The number of sulfonamides is 1. The van der Waals surface area contributed by atoms with Crippen molar-refractivity contribution >= 4 is 10.0 Å². The highest BCUT2D eigenvalue weighted by Gasteiger charge is 2.16. The topological polar surface area (TPSA) is 90.2 Å². The molecule has 5 nitrogen and oxygen atoms in total. The highest BCUT2D eigenvalue weighted by atomic mass is 32.2. The predicted molar refractivity (Wildman–Crippen MR) is 58.0 cm³/mol. The number of nitrogens with zero attached hydrogens (tertiary/aromatic N) is 1. The summed E-state index contributed by atoms with van der Waals surface area (Å²) in [5.41, 5.74) is 0.277. The average molecular weight is 240 g/mol. The third-order valence-electron chi connectivity index (χ3n) is 1.90. The van der Waals surface area contributed by atoms with E-state index < -0.39 is 16.1 Å². The predicted octanol–water partition coefficient (Wildman–Crippen LogP) is 0.217. The van der Waals surface area contributed by atoms with Crippen LogP contribution in [0.1, 0.15) is 12.5 Å². The van der Waals surface area contributed by atoms with Crippen molar-refractivity contribution in [2.45, 2.75) is 17.9 Å². The van der Waals surface area contributed by atoms with Gasteiger partial charge < -0.3 is 5.11 Å².